The third kappa shape index (κ3) is 7.10. The molecule has 0 aromatic heterocycles. The fraction of sp³-hybridized carbons (Fsp3) is 0.833. The fourth-order valence-corrected chi connectivity index (χ4v) is 1.18. The van der Waals surface area contributed by atoms with E-state index in [0.717, 1.165) is 7.05 Å². The van der Waals surface area contributed by atoms with E-state index in [0.29, 0.717) is 0 Å². The first-order valence-corrected chi connectivity index (χ1v) is 5.39. The minimum absolute atomic E-state index is 0.242. The third-order valence-corrected chi connectivity index (χ3v) is 2.51. The summed E-state index contributed by atoms with van der Waals surface area (Å²) in [5.41, 5.74) is 0. The van der Waals surface area contributed by atoms with E-state index < -0.39 is 42.4 Å². The first kappa shape index (κ1) is 16.1. The summed E-state index contributed by atoms with van der Waals surface area (Å²) in [4.78, 5) is 10.5. The maximum absolute atomic E-state index is 11.7. The first-order valence-electron chi connectivity index (χ1n) is 4.02. The molecule has 0 heterocycles. The molecule has 0 saturated carbocycles. The van der Waals surface area contributed by atoms with Gasteiger partial charge in [0.05, 0.1) is 0 Å². The molecule has 0 aromatic carbocycles. The van der Waals surface area contributed by atoms with E-state index in [4.69, 9.17) is 5.11 Å². The van der Waals surface area contributed by atoms with Crippen LogP contribution >= 0.6 is 0 Å². The van der Waals surface area contributed by atoms with Crippen molar-refractivity contribution in [3.8, 4) is 0 Å². The number of hydrogen-bond acceptors (Lipinski definition) is 6. The molecule has 0 spiro atoms. The Morgan fingerprint density at radius 2 is 1.94 bits per heavy atom. The van der Waals surface area contributed by atoms with Crippen molar-refractivity contribution < 1.29 is 40.4 Å². The Morgan fingerprint density at radius 1 is 1.41 bits per heavy atom. The fourth-order valence-electron chi connectivity index (χ4n) is 0.562. The molecule has 0 atom stereocenters. The van der Waals surface area contributed by atoms with Crippen LogP contribution in [-0.2, 0) is 24.0 Å². The van der Waals surface area contributed by atoms with Crippen molar-refractivity contribution in [2.24, 2.45) is 0 Å². The normalized spacial score (nSPS) is 12.8. The number of aliphatic hydroxyl groups is 1. The van der Waals surface area contributed by atoms with Gasteiger partial charge in [0, 0.05) is 7.05 Å². The zero-order valence-corrected chi connectivity index (χ0v) is 9.42. The zero-order valence-electron chi connectivity index (χ0n) is 8.60. The lowest BCUT2D eigenvalue weighted by Gasteiger charge is -2.16. The van der Waals surface area contributed by atoms with Crippen molar-refractivity contribution in [3.05, 3.63) is 0 Å². The number of nitrogens with zero attached hydrogens (tertiary/aromatic N) is 1. The van der Waals surface area contributed by atoms with Gasteiger partial charge in [0.25, 0.3) is 0 Å². The maximum atomic E-state index is 11.7. The van der Waals surface area contributed by atoms with Crippen LogP contribution in [-0.4, -0.2) is 57.0 Å². The van der Waals surface area contributed by atoms with Gasteiger partial charge >= 0.3 is 22.4 Å². The number of ether oxygens (including phenoxy) is 1. The number of aliphatic hydroxyl groups excluding tert-OH is 1. The molecule has 0 amide bonds. The summed E-state index contributed by atoms with van der Waals surface area (Å²) < 4.78 is 65.2. The van der Waals surface area contributed by atoms with E-state index in [1.165, 1.54) is 0 Å². The summed E-state index contributed by atoms with van der Waals surface area (Å²) in [5, 5.41) is 8.23. The van der Waals surface area contributed by atoms with Crippen molar-refractivity contribution in [1.29, 1.82) is 0 Å². The highest BCUT2D eigenvalue weighted by Crippen LogP contribution is 2.14. The molecule has 17 heavy (non-hydrogen) atoms. The molecular formula is C6H10F3NO6S. The van der Waals surface area contributed by atoms with Crippen LogP contribution in [0.4, 0.5) is 13.2 Å². The van der Waals surface area contributed by atoms with Crippen molar-refractivity contribution >= 4 is 16.3 Å². The number of carbonyl (C=O) groups is 1. The van der Waals surface area contributed by atoms with Gasteiger partial charge in [-0.25, -0.2) is 4.79 Å². The number of alkyl halides is 3. The predicted octanol–water partition coefficient (Wildman–Crippen LogP) is -0.765. The Bertz CT molecular complexity index is 353. The Kier molecular flexibility index (Phi) is 5.81. The van der Waals surface area contributed by atoms with E-state index in [1.54, 1.807) is 0 Å². The molecule has 0 aliphatic carbocycles. The molecule has 0 radical (unpaired) electrons. The van der Waals surface area contributed by atoms with Gasteiger partial charge in [-0.1, -0.05) is 0 Å². The number of halogens is 3. The van der Waals surface area contributed by atoms with Crippen LogP contribution in [0.25, 0.3) is 0 Å². The van der Waals surface area contributed by atoms with Crippen LogP contribution in [0.3, 0.4) is 0 Å². The Hall–Kier alpha value is -0.910. The molecule has 102 valence electrons. The second-order valence-corrected chi connectivity index (χ2v) is 4.41. The number of carbonyl (C=O) groups excluding carboxylic acids is 1. The predicted molar refractivity (Wildman–Crippen MR) is 46.7 cm³/mol. The molecular weight excluding hydrogens is 271 g/mol. The molecule has 0 aromatic rings. The standard InChI is InChI=1S/C6H10F3NO6S/c1-10(4-15-3-6(7,8)9)17(13,14)16-5(12)2-11/h11H,2-4H2,1H3. The largest absolute Gasteiger partial charge is 0.411 e. The number of rotatable bonds is 6. The van der Waals surface area contributed by atoms with E-state index in [1.807, 2.05) is 0 Å². The minimum atomic E-state index is -4.59. The maximum Gasteiger partial charge on any atom is 0.411 e. The lowest BCUT2D eigenvalue weighted by atomic mass is 10.7. The van der Waals surface area contributed by atoms with Gasteiger partial charge in [0.15, 0.2) is 0 Å². The molecule has 0 bridgehead atoms. The monoisotopic (exact) mass is 281 g/mol. The van der Waals surface area contributed by atoms with E-state index in [9.17, 15) is 26.4 Å². The van der Waals surface area contributed by atoms with E-state index >= 15 is 0 Å². The highest BCUT2D eigenvalue weighted by Gasteiger charge is 2.29. The van der Waals surface area contributed by atoms with Crippen LogP contribution in [0.1, 0.15) is 0 Å². The third-order valence-electron chi connectivity index (χ3n) is 1.25. The van der Waals surface area contributed by atoms with Gasteiger partial charge in [-0.3, -0.25) is 0 Å². The second-order valence-electron chi connectivity index (χ2n) is 2.76. The average molecular weight is 281 g/mol. The smallest absolute Gasteiger partial charge is 0.385 e. The van der Waals surface area contributed by atoms with Crippen LogP contribution in [0.15, 0.2) is 0 Å². The summed E-state index contributed by atoms with van der Waals surface area (Å²) in [5.74, 6) is -1.45. The highest BCUT2D eigenvalue weighted by atomic mass is 32.2. The van der Waals surface area contributed by atoms with Gasteiger partial charge in [-0.05, 0) is 0 Å². The van der Waals surface area contributed by atoms with Gasteiger partial charge in [0.2, 0.25) is 0 Å². The molecule has 0 aliphatic rings. The zero-order chi connectivity index (χ0) is 13.7. The van der Waals surface area contributed by atoms with Gasteiger partial charge < -0.3 is 14.0 Å². The molecule has 7 nitrogen and oxygen atoms in total. The highest BCUT2D eigenvalue weighted by molar-refractivity contribution is 7.84. The van der Waals surface area contributed by atoms with Gasteiger partial charge in [-0.15, -0.1) is 4.31 Å². The van der Waals surface area contributed by atoms with Crippen molar-refractivity contribution in [2.75, 3.05) is 27.0 Å². The lowest BCUT2D eigenvalue weighted by Crippen LogP contribution is -2.34. The number of hydrogen-bond donors (Lipinski definition) is 1. The molecule has 11 heteroatoms. The van der Waals surface area contributed by atoms with Crippen LogP contribution in [0.2, 0.25) is 0 Å². The molecule has 0 saturated heterocycles. The lowest BCUT2D eigenvalue weighted by molar-refractivity contribution is -0.179. The Labute approximate surface area is 95.0 Å². The summed E-state index contributed by atoms with van der Waals surface area (Å²) in [7, 11) is -3.71. The van der Waals surface area contributed by atoms with Gasteiger partial charge in [0.1, 0.15) is 19.9 Å². The summed E-state index contributed by atoms with van der Waals surface area (Å²) >= 11 is 0. The molecule has 0 unspecified atom stereocenters. The molecule has 0 rings (SSSR count). The SMILES string of the molecule is CN(COCC(F)(F)F)S(=O)(=O)OC(=O)CO. The van der Waals surface area contributed by atoms with E-state index in [2.05, 4.69) is 8.92 Å². The summed E-state index contributed by atoms with van der Waals surface area (Å²) in [6.45, 7) is -3.75. The average Bonchev–Trinajstić information content (AvgIpc) is 2.14. The summed E-state index contributed by atoms with van der Waals surface area (Å²) in [6.07, 6.45) is -4.59. The van der Waals surface area contributed by atoms with E-state index in [-0.39, 0.29) is 4.31 Å². The van der Waals surface area contributed by atoms with Crippen molar-refractivity contribution in [1.82, 2.24) is 4.31 Å². The van der Waals surface area contributed by atoms with Gasteiger partial charge in [-0.2, -0.15) is 21.6 Å². The topological polar surface area (TPSA) is 93.1 Å². The van der Waals surface area contributed by atoms with Crippen LogP contribution < -0.4 is 0 Å². The van der Waals surface area contributed by atoms with Crippen LogP contribution in [0.5, 0.6) is 0 Å². The quantitative estimate of drug-likeness (QED) is 0.643. The van der Waals surface area contributed by atoms with Crippen LogP contribution in [0, 0.1) is 0 Å². The van der Waals surface area contributed by atoms with Crippen molar-refractivity contribution in [3.63, 3.8) is 0 Å². The van der Waals surface area contributed by atoms with Crippen molar-refractivity contribution in [2.45, 2.75) is 6.18 Å². The Morgan fingerprint density at radius 3 is 2.35 bits per heavy atom. The Balaban J connectivity index is 4.22. The second kappa shape index (κ2) is 6.14. The molecule has 0 fully saturated rings. The summed E-state index contributed by atoms with van der Waals surface area (Å²) in [6, 6.07) is 0. The molecule has 1 N–H and O–H groups in total. The minimum Gasteiger partial charge on any atom is -0.385 e. The molecule has 0 aliphatic heterocycles. The first-order chi connectivity index (χ1) is 7.58.